The summed E-state index contributed by atoms with van der Waals surface area (Å²) in [5.74, 6) is -1.47. The van der Waals surface area contributed by atoms with Crippen molar-refractivity contribution in [1.29, 1.82) is 0 Å². The Bertz CT molecular complexity index is 536. The van der Waals surface area contributed by atoms with Crippen molar-refractivity contribution in [3.8, 4) is 0 Å². The second-order valence-corrected chi connectivity index (χ2v) is 6.89. The molecule has 1 aromatic carbocycles. The van der Waals surface area contributed by atoms with E-state index in [1.165, 1.54) is 6.07 Å². The Morgan fingerprint density at radius 1 is 1.19 bits per heavy atom. The molecule has 21 heavy (non-hydrogen) atoms. The van der Waals surface area contributed by atoms with Crippen molar-refractivity contribution in [1.82, 2.24) is 0 Å². The van der Waals surface area contributed by atoms with Crippen molar-refractivity contribution in [3.63, 3.8) is 0 Å². The first kappa shape index (κ1) is 16.3. The van der Waals surface area contributed by atoms with E-state index in [-0.39, 0.29) is 16.9 Å². The average molecular weight is 304 g/mol. The van der Waals surface area contributed by atoms with Crippen LogP contribution in [-0.4, -0.2) is 5.11 Å². The predicted octanol–water partition coefficient (Wildman–Crippen LogP) is 4.88. The lowest BCUT2D eigenvalue weighted by atomic mass is 9.63. The molecule has 1 aliphatic carbocycles. The summed E-state index contributed by atoms with van der Waals surface area (Å²) in [6.07, 6.45) is -2.81. The van der Waals surface area contributed by atoms with Gasteiger partial charge in [-0.2, -0.15) is 13.2 Å². The van der Waals surface area contributed by atoms with E-state index in [4.69, 9.17) is 0 Å². The molecule has 1 aliphatic rings. The number of rotatable bonds is 1. The lowest BCUT2D eigenvalue weighted by molar-refractivity contribution is -0.140. The van der Waals surface area contributed by atoms with E-state index < -0.39 is 23.2 Å². The summed E-state index contributed by atoms with van der Waals surface area (Å²) >= 11 is 0. The van der Waals surface area contributed by atoms with Crippen LogP contribution in [0.2, 0.25) is 0 Å². The van der Waals surface area contributed by atoms with E-state index in [0.29, 0.717) is 6.42 Å². The van der Waals surface area contributed by atoms with Crippen LogP contribution in [0.15, 0.2) is 18.2 Å². The van der Waals surface area contributed by atoms with Gasteiger partial charge in [0.15, 0.2) is 0 Å². The molecular formula is C16H20F4O. The highest BCUT2D eigenvalue weighted by Gasteiger charge is 2.44. The third-order valence-electron chi connectivity index (χ3n) is 4.63. The SMILES string of the molecule is CC1CC(C)(C)CCC1(O)c1ccc(C(F)(F)F)c(F)c1. The maximum absolute atomic E-state index is 13.7. The van der Waals surface area contributed by atoms with Gasteiger partial charge in [-0.15, -0.1) is 0 Å². The summed E-state index contributed by atoms with van der Waals surface area (Å²) < 4.78 is 51.5. The van der Waals surface area contributed by atoms with Crippen LogP contribution in [0.1, 0.15) is 51.2 Å². The fourth-order valence-electron chi connectivity index (χ4n) is 3.32. The van der Waals surface area contributed by atoms with Gasteiger partial charge < -0.3 is 5.11 Å². The van der Waals surface area contributed by atoms with E-state index in [9.17, 15) is 22.7 Å². The quantitative estimate of drug-likeness (QED) is 0.733. The van der Waals surface area contributed by atoms with E-state index in [0.717, 1.165) is 25.0 Å². The summed E-state index contributed by atoms with van der Waals surface area (Å²) in [4.78, 5) is 0. The largest absolute Gasteiger partial charge is 0.419 e. The Hall–Kier alpha value is -1.10. The minimum Gasteiger partial charge on any atom is -0.385 e. The molecule has 1 aromatic rings. The van der Waals surface area contributed by atoms with Crippen LogP contribution in [0.25, 0.3) is 0 Å². The van der Waals surface area contributed by atoms with Crippen LogP contribution in [0.5, 0.6) is 0 Å². The smallest absolute Gasteiger partial charge is 0.385 e. The van der Waals surface area contributed by atoms with Crippen molar-refractivity contribution in [3.05, 3.63) is 35.1 Å². The van der Waals surface area contributed by atoms with Crippen molar-refractivity contribution < 1.29 is 22.7 Å². The summed E-state index contributed by atoms with van der Waals surface area (Å²) in [7, 11) is 0. The van der Waals surface area contributed by atoms with Gasteiger partial charge in [0.2, 0.25) is 0 Å². The van der Waals surface area contributed by atoms with Crippen LogP contribution in [0.4, 0.5) is 17.6 Å². The van der Waals surface area contributed by atoms with E-state index in [2.05, 4.69) is 13.8 Å². The molecule has 1 fully saturated rings. The minimum absolute atomic E-state index is 0.0795. The predicted molar refractivity (Wildman–Crippen MR) is 72.1 cm³/mol. The lowest BCUT2D eigenvalue weighted by Crippen LogP contribution is -2.41. The molecule has 0 heterocycles. The van der Waals surface area contributed by atoms with Crippen molar-refractivity contribution in [2.24, 2.45) is 11.3 Å². The molecule has 1 N–H and O–H groups in total. The van der Waals surface area contributed by atoms with Crippen LogP contribution in [0, 0.1) is 17.2 Å². The van der Waals surface area contributed by atoms with Crippen LogP contribution >= 0.6 is 0 Å². The molecule has 5 heteroatoms. The van der Waals surface area contributed by atoms with Gasteiger partial charge in [0, 0.05) is 0 Å². The van der Waals surface area contributed by atoms with Gasteiger partial charge in [-0.1, -0.05) is 26.8 Å². The second kappa shape index (κ2) is 4.97. The van der Waals surface area contributed by atoms with Crippen molar-refractivity contribution >= 4 is 0 Å². The van der Waals surface area contributed by atoms with Gasteiger partial charge in [-0.05, 0) is 48.3 Å². The number of benzene rings is 1. The van der Waals surface area contributed by atoms with Gasteiger partial charge in [0.25, 0.3) is 0 Å². The Morgan fingerprint density at radius 3 is 2.29 bits per heavy atom. The first-order valence-corrected chi connectivity index (χ1v) is 7.05. The van der Waals surface area contributed by atoms with Gasteiger partial charge >= 0.3 is 6.18 Å². The van der Waals surface area contributed by atoms with E-state index in [1.807, 2.05) is 6.92 Å². The number of hydrogen-bond acceptors (Lipinski definition) is 1. The molecule has 118 valence electrons. The summed E-state index contributed by atoms with van der Waals surface area (Å²) in [5.41, 5.74) is -2.24. The molecular weight excluding hydrogens is 284 g/mol. The van der Waals surface area contributed by atoms with Gasteiger partial charge in [-0.3, -0.25) is 0 Å². The highest BCUT2D eigenvalue weighted by molar-refractivity contribution is 5.31. The second-order valence-electron chi connectivity index (χ2n) is 6.89. The number of halogens is 4. The van der Waals surface area contributed by atoms with E-state index in [1.54, 1.807) is 0 Å². The highest BCUT2D eigenvalue weighted by atomic mass is 19.4. The molecule has 1 saturated carbocycles. The molecule has 2 rings (SSSR count). The summed E-state index contributed by atoms with van der Waals surface area (Å²) in [6.45, 7) is 6.04. The third-order valence-corrected chi connectivity index (χ3v) is 4.63. The Kier molecular flexibility index (Phi) is 3.85. The minimum atomic E-state index is -4.72. The monoisotopic (exact) mass is 304 g/mol. The standard InChI is InChI=1S/C16H20F4O/c1-10-9-14(2,3)6-7-15(10,21)11-4-5-12(13(17)8-11)16(18,19)20/h4-5,8,10,21H,6-7,9H2,1-3H3. The molecule has 2 unspecified atom stereocenters. The fourth-order valence-corrected chi connectivity index (χ4v) is 3.32. The number of hydrogen-bond donors (Lipinski definition) is 1. The summed E-state index contributed by atoms with van der Waals surface area (Å²) in [5, 5.41) is 10.8. The normalized spacial score (nSPS) is 29.4. The zero-order chi connectivity index (χ0) is 16.1. The fraction of sp³-hybridized carbons (Fsp3) is 0.625. The Labute approximate surface area is 122 Å². The molecule has 0 aliphatic heterocycles. The molecule has 0 amide bonds. The lowest BCUT2D eigenvalue weighted by Gasteiger charge is -2.45. The average Bonchev–Trinajstić information content (AvgIpc) is 2.32. The molecule has 0 radical (unpaired) electrons. The maximum Gasteiger partial charge on any atom is 0.419 e. The number of alkyl halides is 3. The molecule has 0 saturated heterocycles. The van der Waals surface area contributed by atoms with Crippen LogP contribution in [-0.2, 0) is 11.8 Å². The maximum atomic E-state index is 13.7. The zero-order valence-electron chi connectivity index (χ0n) is 12.4. The van der Waals surface area contributed by atoms with E-state index >= 15 is 0 Å². The first-order valence-electron chi connectivity index (χ1n) is 7.05. The van der Waals surface area contributed by atoms with Crippen LogP contribution < -0.4 is 0 Å². The molecule has 1 nitrogen and oxygen atoms in total. The number of aliphatic hydroxyl groups is 1. The molecule has 2 atom stereocenters. The Balaban J connectivity index is 2.36. The van der Waals surface area contributed by atoms with Crippen molar-refractivity contribution in [2.45, 2.75) is 51.8 Å². The van der Waals surface area contributed by atoms with Crippen molar-refractivity contribution in [2.75, 3.05) is 0 Å². The van der Waals surface area contributed by atoms with Gasteiger partial charge in [0.1, 0.15) is 5.82 Å². The first-order chi connectivity index (χ1) is 9.46. The Morgan fingerprint density at radius 2 is 1.81 bits per heavy atom. The topological polar surface area (TPSA) is 20.2 Å². The molecule has 0 spiro atoms. The zero-order valence-corrected chi connectivity index (χ0v) is 12.4. The summed E-state index contributed by atoms with van der Waals surface area (Å²) in [6, 6.07) is 2.74. The molecule has 0 bridgehead atoms. The van der Waals surface area contributed by atoms with Gasteiger partial charge in [0.05, 0.1) is 11.2 Å². The highest BCUT2D eigenvalue weighted by Crippen LogP contribution is 2.49. The van der Waals surface area contributed by atoms with Crippen LogP contribution in [0.3, 0.4) is 0 Å². The third kappa shape index (κ3) is 3.07. The van der Waals surface area contributed by atoms with Gasteiger partial charge in [-0.25, -0.2) is 4.39 Å². The molecule has 0 aromatic heterocycles.